The van der Waals surface area contributed by atoms with Crippen LogP contribution in [0.15, 0.2) is 34.1 Å². The third-order valence-corrected chi connectivity index (χ3v) is 5.80. The summed E-state index contributed by atoms with van der Waals surface area (Å²) in [5, 5.41) is 17.9. The van der Waals surface area contributed by atoms with Crippen LogP contribution in [-0.2, 0) is 5.75 Å². The second kappa shape index (κ2) is 7.57. The van der Waals surface area contributed by atoms with Gasteiger partial charge in [-0.05, 0) is 30.9 Å². The van der Waals surface area contributed by atoms with Gasteiger partial charge < -0.3 is 4.42 Å². The molecule has 0 spiro atoms. The Morgan fingerprint density at radius 2 is 2.08 bits per heavy atom. The van der Waals surface area contributed by atoms with Gasteiger partial charge in [-0.15, -0.1) is 20.4 Å². The summed E-state index contributed by atoms with van der Waals surface area (Å²) in [5.41, 5.74) is 0.998. The summed E-state index contributed by atoms with van der Waals surface area (Å²) in [5.74, 6) is 3.27. The van der Waals surface area contributed by atoms with Crippen LogP contribution in [0.5, 0.6) is 0 Å². The van der Waals surface area contributed by atoms with Crippen LogP contribution in [0.3, 0.4) is 0 Å². The molecule has 4 rings (SSSR count). The zero-order valence-electron chi connectivity index (χ0n) is 15.0. The Balaban J connectivity index is 1.67. The Morgan fingerprint density at radius 3 is 2.81 bits per heavy atom. The van der Waals surface area contributed by atoms with E-state index in [1.807, 2.05) is 18.3 Å². The highest BCUT2D eigenvalue weighted by atomic mass is 32.2. The molecule has 0 saturated heterocycles. The van der Waals surface area contributed by atoms with Crippen molar-refractivity contribution in [1.29, 1.82) is 0 Å². The molecule has 0 N–H and O–H groups in total. The smallest absolute Gasteiger partial charge is 0.226 e. The maximum Gasteiger partial charge on any atom is 0.226 e. The molecule has 0 unspecified atom stereocenters. The van der Waals surface area contributed by atoms with Gasteiger partial charge in [0.05, 0.1) is 5.75 Å². The molecule has 2 atom stereocenters. The molecule has 8 heteroatoms. The number of pyridine rings is 1. The molecule has 3 aromatic heterocycles. The Bertz CT molecular complexity index is 862. The van der Waals surface area contributed by atoms with Crippen molar-refractivity contribution in [3.63, 3.8) is 0 Å². The predicted molar refractivity (Wildman–Crippen MR) is 98.5 cm³/mol. The number of nitrogens with zero attached hydrogens (tertiary/aromatic N) is 6. The van der Waals surface area contributed by atoms with Crippen LogP contribution >= 0.6 is 11.8 Å². The predicted octanol–water partition coefficient (Wildman–Crippen LogP) is 4.08. The van der Waals surface area contributed by atoms with E-state index in [-0.39, 0.29) is 0 Å². The van der Waals surface area contributed by atoms with Gasteiger partial charge in [0.15, 0.2) is 11.0 Å². The summed E-state index contributed by atoms with van der Waals surface area (Å²) < 4.78 is 7.79. The molecule has 26 heavy (non-hydrogen) atoms. The van der Waals surface area contributed by atoms with Gasteiger partial charge in [-0.2, -0.15) is 0 Å². The third-order valence-electron chi connectivity index (χ3n) is 4.87. The van der Waals surface area contributed by atoms with E-state index in [0.717, 1.165) is 23.0 Å². The molecule has 0 radical (unpaired) electrons. The first-order valence-electron chi connectivity index (χ1n) is 8.99. The average molecular weight is 370 g/mol. The topological polar surface area (TPSA) is 82.5 Å². The SMILES string of the molecule is Cc1nnc(CSc2nnc(-c3cccnc3)n2[C@H]2CCCC[C@@H]2C)o1. The zero-order valence-corrected chi connectivity index (χ0v) is 15.8. The molecule has 1 aliphatic carbocycles. The fraction of sp³-hybridized carbons (Fsp3) is 0.500. The van der Waals surface area contributed by atoms with E-state index in [1.54, 1.807) is 24.9 Å². The first-order chi connectivity index (χ1) is 12.7. The first-order valence-corrected chi connectivity index (χ1v) is 9.98. The van der Waals surface area contributed by atoms with Crippen LogP contribution in [-0.4, -0.2) is 29.9 Å². The van der Waals surface area contributed by atoms with E-state index in [1.165, 1.54) is 19.3 Å². The van der Waals surface area contributed by atoms with E-state index in [9.17, 15) is 0 Å². The molecule has 1 fully saturated rings. The lowest BCUT2D eigenvalue weighted by Gasteiger charge is -2.31. The van der Waals surface area contributed by atoms with E-state index in [0.29, 0.717) is 29.5 Å². The number of aryl methyl sites for hydroxylation is 1. The maximum atomic E-state index is 5.49. The largest absolute Gasteiger partial charge is 0.425 e. The minimum absolute atomic E-state index is 0.404. The molecule has 7 nitrogen and oxygen atoms in total. The van der Waals surface area contributed by atoms with E-state index in [2.05, 4.69) is 36.9 Å². The molecule has 0 amide bonds. The van der Waals surface area contributed by atoms with Gasteiger partial charge in [-0.25, -0.2) is 0 Å². The third kappa shape index (κ3) is 3.51. The number of thioether (sulfide) groups is 1. The van der Waals surface area contributed by atoms with Crippen LogP contribution in [0, 0.1) is 12.8 Å². The summed E-state index contributed by atoms with van der Waals surface area (Å²) in [6.07, 6.45) is 8.56. The lowest BCUT2D eigenvalue weighted by Crippen LogP contribution is -2.22. The lowest BCUT2D eigenvalue weighted by atomic mass is 9.85. The van der Waals surface area contributed by atoms with Crippen molar-refractivity contribution < 1.29 is 4.42 Å². The monoisotopic (exact) mass is 370 g/mol. The van der Waals surface area contributed by atoms with Gasteiger partial charge in [-0.3, -0.25) is 9.55 Å². The van der Waals surface area contributed by atoms with Crippen LogP contribution in [0.1, 0.15) is 50.4 Å². The highest BCUT2D eigenvalue weighted by molar-refractivity contribution is 7.98. The van der Waals surface area contributed by atoms with Crippen molar-refractivity contribution in [3.8, 4) is 11.4 Å². The quantitative estimate of drug-likeness (QED) is 0.626. The maximum absolute atomic E-state index is 5.49. The lowest BCUT2D eigenvalue weighted by molar-refractivity contribution is 0.247. The van der Waals surface area contributed by atoms with Gasteiger partial charge in [-0.1, -0.05) is 31.5 Å². The highest BCUT2D eigenvalue weighted by Crippen LogP contribution is 2.39. The van der Waals surface area contributed by atoms with Crippen molar-refractivity contribution in [2.45, 2.75) is 56.5 Å². The minimum Gasteiger partial charge on any atom is -0.425 e. The minimum atomic E-state index is 0.404. The number of aromatic nitrogens is 6. The second-order valence-corrected chi connectivity index (χ2v) is 7.69. The normalized spacial score (nSPS) is 20.4. The summed E-state index contributed by atoms with van der Waals surface area (Å²) in [4.78, 5) is 4.25. The molecule has 1 saturated carbocycles. The summed E-state index contributed by atoms with van der Waals surface area (Å²) in [6, 6.07) is 4.38. The number of hydrogen-bond acceptors (Lipinski definition) is 7. The van der Waals surface area contributed by atoms with Gasteiger partial charge in [0.1, 0.15) is 0 Å². The van der Waals surface area contributed by atoms with Crippen LogP contribution in [0.4, 0.5) is 0 Å². The Kier molecular flexibility index (Phi) is 5.01. The van der Waals surface area contributed by atoms with E-state index >= 15 is 0 Å². The Labute approximate surface area is 156 Å². The molecular formula is C18H22N6OS. The fourth-order valence-corrected chi connectivity index (χ4v) is 4.40. The average Bonchev–Trinajstić information content (AvgIpc) is 3.27. The van der Waals surface area contributed by atoms with Crippen molar-refractivity contribution in [2.75, 3.05) is 0 Å². The second-order valence-electron chi connectivity index (χ2n) is 6.75. The molecule has 1 aliphatic rings. The van der Waals surface area contributed by atoms with Gasteiger partial charge in [0.25, 0.3) is 0 Å². The summed E-state index contributed by atoms with van der Waals surface area (Å²) in [7, 11) is 0. The zero-order chi connectivity index (χ0) is 17.9. The van der Waals surface area contributed by atoms with Crippen LogP contribution < -0.4 is 0 Å². The number of hydrogen-bond donors (Lipinski definition) is 0. The van der Waals surface area contributed by atoms with E-state index < -0.39 is 0 Å². The fourth-order valence-electron chi connectivity index (χ4n) is 3.57. The highest BCUT2D eigenvalue weighted by Gasteiger charge is 2.28. The van der Waals surface area contributed by atoms with Crippen molar-refractivity contribution in [1.82, 2.24) is 29.9 Å². The standard InChI is InChI=1S/C18H22N6OS/c1-12-6-3-4-8-15(12)24-17(14-7-5-9-19-10-14)22-23-18(24)26-11-16-21-20-13(2)25-16/h5,7,9-10,12,15H,3-4,6,8,11H2,1-2H3/t12-,15-/m0/s1. The molecule has 3 aromatic rings. The molecule has 136 valence electrons. The summed E-state index contributed by atoms with van der Waals surface area (Å²) in [6.45, 7) is 4.13. The number of rotatable bonds is 5. The Morgan fingerprint density at radius 1 is 1.19 bits per heavy atom. The molecule has 0 aliphatic heterocycles. The first kappa shape index (κ1) is 17.2. The van der Waals surface area contributed by atoms with Crippen LogP contribution in [0.2, 0.25) is 0 Å². The molecular weight excluding hydrogens is 348 g/mol. The van der Waals surface area contributed by atoms with Gasteiger partial charge in [0.2, 0.25) is 11.8 Å². The van der Waals surface area contributed by atoms with Crippen molar-refractivity contribution >= 4 is 11.8 Å². The summed E-state index contributed by atoms with van der Waals surface area (Å²) >= 11 is 1.60. The van der Waals surface area contributed by atoms with Crippen LogP contribution in [0.25, 0.3) is 11.4 Å². The Hall–Kier alpha value is -2.22. The molecule has 3 heterocycles. The van der Waals surface area contributed by atoms with Crippen molar-refractivity contribution in [2.24, 2.45) is 5.92 Å². The van der Waals surface area contributed by atoms with Crippen molar-refractivity contribution in [3.05, 3.63) is 36.3 Å². The van der Waals surface area contributed by atoms with Gasteiger partial charge >= 0.3 is 0 Å². The van der Waals surface area contributed by atoms with Gasteiger partial charge in [0, 0.05) is 30.9 Å². The van der Waals surface area contributed by atoms with E-state index in [4.69, 9.17) is 4.42 Å². The molecule has 0 bridgehead atoms. The molecule has 0 aromatic carbocycles.